The van der Waals surface area contributed by atoms with Crippen molar-refractivity contribution in [3.63, 3.8) is 0 Å². The lowest BCUT2D eigenvalue weighted by Gasteiger charge is -2.35. The molecule has 1 N–H and O–H groups in total. The first-order valence-corrected chi connectivity index (χ1v) is 7.83. The number of nitrogens with one attached hydrogen (secondary N) is 1. The highest BCUT2D eigenvalue weighted by molar-refractivity contribution is 5.91. The number of amides is 2. The number of hydrogen-bond acceptors (Lipinski definition) is 2. The molecule has 2 aliphatic rings. The van der Waals surface area contributed by atoms with Crippen LogP contribution in [-0.2, 0) is 9.59 Å². The van der Waals surface area contributed by atoms with E-state index in [-0.39, 0.29) is 17.9 Å². The lowest BCUT2D eigenvalue weighted by molar-refractivity contribution is -0.138. The van der Waals surface area contributed by atoms with Crippen molar-refractivity contribution < 1.29 is 9.59 Å². The van der Waals surface area contributed by atoms with Gasteiger partial charge in [-0.15, -0.1) is 0 Å². The maximum absolute atomic E-state index is 12.2. The standard InChI is InChI=1S/C15H26N2O2/c1-2-3-11-16-15(19)13-9-10-14(18)17(13)12-7-5-4-6-8-12/h12-13H,2-11H2,1H3,(H,16,19). The van der Waals surface area contributed by atoms with E-state index in [1.165, 1.54) is 19.3 Å². The summed E-state index contributed by atoms with van der Waals surface area (Å²) in [6.07, 6.45) is 9.14. The van der Waals surface area contributed by atoms with Crippen LogP contribution < -0.4 is 5.32 Å². The summed E-state index contributed by atoms with van der Waals surface area (Å²) in [4.78, 5) is 26.2. The van der Waals surface area contributed by atoms with Crippen LogP contribution in [0.2, 0.25) is 0 Å². The van der Waals surface area contributed by atoms with Crippen molar-refractivity contribution >= 4 is 11.8 Å². The number of carbonyl (C=O) groups is 2. The molecule has 108 valence electrons. The molecule has 0 aromatic heterocycles. The predicted octanol–water partition coefficient (Wildman–Crippen LogP) is 2.23. The summed E-state index contributed by atoms with van der Waals surface area (Å²) in [5.41, 5.74) is 0. The zero-order valence-corrected chi connectivity index (χ0v) is 12.0. The quantitative estimate of drug-likeness (QED) is 0.776. The number of carbonyl (C=O) groups excluding carboxylic acids is 2. The van der Waals surface area contributed by atoms with Gasteiger partial charge in [0.25, 0.3) is 0 Å². The molecule has 1 saturated heterocycles. The Kier molecular flexibility index (Phi) is 5.23. The van der Waals surface area contributed by atoms with Crippen LogP contribution in [0, 0.1) is 0 Å². The molecule has 0 aromatic carbocycles. The molecule has 1 aliphatic carbocycles. The van der Waals surface area contributed by atoms with Gasteiger partial charge in [0, 0.05) is 19.0 Å². The predicted molar refractivity (Wildman–Crippen MR) is 74.7 cm³/mol. The Hall–Kier alpha value is -1.06. The first-order chi connectivity index (χ1) is 9.24. The molecule has 19 heavy (non-hydrogen) atoms. The normalized spacial score (nSPS) is 24.8. The SMILES string of the molecule is CCCCNC(=O)C1CCC(=O)N1C1CCCCC1. The van der Waals surface area contributed by atoms with E-state index in [0.717, 1.165) is 32.2 Å². The zero-order chi connectivity index (χ0) is 13.7. The van der Waals surface area contributed by atoms with Gasteiger partial charge in [-0.1, -0.05) is 32.6 Å². The maximum atomic E-state index is 12.2. The van der Waals surface area contributed by atoms with Gasteiger partial charge in [0.1, 0.15) is 6.04 Å². The van der Waals surface area contributed by atoms with E-state index in [0.29, 0.717) is 18.9 Å². The molecular formula is C15H26N2O2. The largest absolute Gasteiger partial charge is 0.354 e. The van der Waals surface area contributed by atoms with E-state index in [2.05, 4.69) is 12.2 Å². The first kappa shape index (κ1) is 14.4. The Morgan fingerprint density at radius 2 is 2.00 bits per heavy atom. The van der Waals surface area contributed by atoms with Crippen molar-refractivity contribution in [2.75, 3.05) is 6.54 Å². The lowest BCUT2D eigenvalue weighted by Crippen LogP contribution is -2.50. The van der Waals surface area contributed by atoms with Crippen LogP contribution in [-0.4, -0.2) is 35.3 Å². The molecule has 1 heterocycles. The fourth-order valence-corrected chi connectivity index (χ4v) is 3.28. The summed E-state index contributed by atoms with van der Waals surface area (Å²) in [5.74, 6) is 0.243. The van der Waals surface area contributed by atoms with Gasteiger partial charge >= 0.3 is 0 Å². The number of rotatable bonds is 5. The first-order valence-electron chi connectivity index (χ1n) is 7.83. The van der Waals surface area contributed by atoms with Gasteiger partial charge in [-0.25, -0.2) is 0 Å². The van der Waals surface area contributed by atoms with Crippen LogP contribution in [0.3, 0.4) is 0 Å². The highest BCUT2D eigenvalue weighted by atomic mass is 16.2. The highest BCUT2D eigenvalue weighted by Gasteiger charge is 2.40. The van der Waals surface area contributed by atoms with Crippen molar-refractivity contribution in [2.24, 2.45) is 0 Å². The molecular weight excluding hydrogens is 240 g/mol. The van der Waals surface area contributed by atoms with Gasteiger partial charge in [-0.05, 0) is 25.7 Å². The lowest BCUT2D eigenvalue weighted by atomic mass is 9.93. The topological polar surface area (TPSA) is 49.4 Å². The molecule has 2 amide bonds. The van der Waals surface area contributed by atoms with Crippen molar-refractivity contribution in [3.05, 3.63) is 0 Å². The van der Waals surface area contributed by atoms with E-state index in [1.807, 2.05) is 4.90 Å². The zero-order valence-electron chi connectivity index (χ0n) is 12.0. The summed E-state index contributed by atoms with van der Waals surface area (Å²) in [7, 11) is 0. The van der Waals surface area contributed by atoms with Crippen LogP contribution in [0.5, 0.6) is 0 Å². The fraction of sp³-hybridized carbons (Fsp3) is 0.867. The molecule has 0 spiro atoms. The molecule has 4 nitrogen and oxygen atoms in total. The molecule has 0 bridgehead atoms. The molecule has 0 aromatic rings. The van der Waals surface area contributed by atoms with Crippen LogP contribution in [0.15, 0.2) is 0 Å². The minimum Gasteiger partial charge on any atom is -0.354 e. The Morgan fingerprint density at radius 1 is 1.26 bits per heavy atom. The van der Waals surface area contributed by atoms with E-state index < -0.39 is 0 Å². The molecule has 1 saturated carbocycles. The second kappa shape index (κ2) is 6.92. The average molecular weight is 266 g/mol. The average Bonchev–Trinajstić information content (AvgIpc) is 2.82. The molecule has 1 aliphatic heterocycles. The number of hydrogen-bond donors (Lipinski definition) is 1. The van der Waals surface area contributed by atoms with Crippen LogP contribution in [0.1, 0.15) is 64.7 Å². The van der Waals surface area contributed by atoms with Gasteiger partial charge in [0.15, 0.2) is 0 Å². The summed E-state index contributed by atoms with van der Waals surface area (Å²) in [5, 5.41) is 2.98. The number of nitrogens with zero attached hydrogens (tertiary/aromatic N) is 1. The van der Waals surface area contributed by atoms with Crippen molar-refractivity contribution in [1.29, 1.82) is 0 Å². The smallest absolute Gasteiger partial charge is 0.242 e. The maximum Gasteiger partial charge on any atom is 0.242 e. The summed E-state index contributed by atoms with van der Waals surface area (Å²) in [6.45, 7) is 2.85. The third-order valence-corrected chi connectivity index (χ3v) is 4.36. The Balaban J connectivity index is 1.94. The minimum atomic E-state index is -0.201. The van der Waals surface area contributed by atoms with E-state index in [1.54, 1.807) is 0 Å². The van der Waals surface area contributed by atoms with E-state index >= 15 is 0 Å². The third kappa shape index (κ3) is 3.48. The van der Waals surface area contributed by atoms with E-state index in [9.17, 15) is 9.59 Å². The van der Waals surface area contributed by atoms with E-state index in [4.69, 9.17) is 0 Å². The summed E-state index contributed by atoms with van der Waals surface area (Å²) >= 11 is 0. The van der Waals surface area contributed by atoms with Crippen LogP contribution >= 0.6 is 0 Å². The van der Waals surface area contributed by atoms with Gasteiger partial charge in [-0.3, -0.25) is 9.59 Å². The van der Waals surface area contributed by atoms with Crippen LogP contribution in [0.25, 0.3) is 0 Å². The van der Waals surface area contributed by atoms with Crippen molar-refractivity contribution in [3.8, 4) is 0 Å². The number of likely N-dealkylation sites (tertiary alicyclic amines) is 1. The van der Waals surface area contributed by atoms with Crippen molar-refractivity contribution in [1.82, 2.24) is 10.2 Å². The summed E-state index contributed by atoms with van der Waals surface area (Å²) < 4.78 is 0. The Labute approximate surface area is 115 Å². The second-order valence-corrected chi connectivity index (χ2v) is 5.79. The molecule has 2 fully saturated rings. The van der Waals surface area contributed by atoms with Crippen LogP contribution in [0.4, 0.5) is 0 Å². The highest BCUT2D eigenvalue weighted by Crippen LogP contribution is 2.30. The molecule has 1 atom stereocenters. The Morgan fingerprint density at radius 3 is 2.68 bits per heavy atom. The third-order valence-electron chi connectivity index (χ3n) is 4.36. The molecule has 4 heteroatoms. The van der Waals surface area contributed by atoms with Gasteiger partial charge < -0.3 is 10.2 Å². The van der Waals surface area contributed by atoms with Gasteiger partial charge in [-0.2, -0.15) is 0 Å². The number of unbranched alkanes of at least 4 members (excludes halogenated alkanes) is 1. The molecule has 0 radical (unpaired) electrons. The van der Waals surface area contributed by atoms with Gasteiger partial charge in [0.05, 0.1) is 0 Å². The fourth-order valence-electron chi connectivity index (χ4n) is 3.28. The summed E-state index contributed by atoms with van der Waals surface area (Å²) in [6, 6.07) is 0.109. The monoisotopic (exact) mass is 266 g/mol. The van der Waals surface area contributed by atoms with Crippen molar-refractivity contribution in [2.45, 2.75) is 76.8 Å². The Bertz CT molecular complexity index is 324. The molecule has 2 rings (SSSR count). The molecule has 1 unspecified atom stereocenters. The van der Waals surface area contributed by atoms with Gasteiger partial charge in [0.2, 0.25) is 11.8 Å². The second-order valence-electron chi connectivity index (χ2n) is 5.79. The minimum absolute atomic E-state index is 0.0601.